The Morgan fingerprint density at radius 2 is 1.94 bits per heavy atom. The van der Waals surface area contributed by atoms with Crippen LogP contribution >= 0.6 is 0 Å². The summed E-state index contributed by atoms with van der Waals surface area (Å²) in [6, 6.07) is 7.08. The van der Waals surface area contributed by atoms with Crippen molar-refractivity contribution >= 4 is 0 Å². The molecule has 2 heteroatoms. The molecule has 1 aromatic rings. The average Bonchev–Trinajstić information content (AvgIpc) is 2.63. The molecule has 0 aromatic heterocycles. The van der Waals surface area contributed by atoms with Gasteiger partial charge >= 0.3 is 0 Å². The normalized spacial score (nSPS) is 21.6. The fraction of sp³-hybridized carbons (Fsp3) is 0.571. The molecule has 1 heterocycles. The summed E-state index contributed by atoms with van der Waals surface area (Å²) in [5.74, 6) is 0. The third kappa shape index (κ3) is 2.63. The zero-order valence-corrected chi connectivity index (χ0v) is 10.2. The highest BCUT2D eigenvalue weighted by Gasteiger charge is 2.23. The predicted molar refractivity (Wildman–Crippen MR) is 66.4 cm³/mol. The first kappa shape index (κ1) is 11.6. The van der Waals surface area contributed by atoms with E-state index in [2.05, 4.69) is 36.9 Å². The second-order valence-electron chi connectivity index (χ2n) is 4.95. The molecule has 2 nitrogen and oxygen atoms in total. The van der Waals surface area contributed by atoms with Crippen molar-refractivity contribution in [2.75, 3.05) is 13.2 Å². The number of aliphatic hydroxyl groups is 1. The third-order valence-corrected chi connectivity index (χ3v) is 3.38. The van der Waals surface area contributed by atoms with Gasteiger partial charge in [0.2, 0.25) is 0 Å². The highest BCUT2D eigenvalue weighted by molar-refractivity contribution is 5.28. The average molecular weight is 219 g/mol. The van der Waals surface area contributed by atoms with Crippen LogP contribution in [0.5, 0.6) is 0 Å². The van der Waals surface area contributed by atoms with Crippen molar-refractivity contribution in [1.29, 1.82) is 0 Å². The van der Waals surface area contributed by atoms with Gasteiger partial charge in [0.05, 0.1) is 6.61 Å². The second-order valence-corrected chi connectivity index (χ2v) is 4.95. The van der Waals surface area contributed by atoms with Crippen molar-refractivity contribution in [3.8, 4) is 0 Å². The van der Waals surface area contributed by atoms with E-state index in [0.717, 1.165) is 19.5 Å². The Balaban J connectivity index is 2.08. The quantitative estimate of drug-likeness (QED) is 0.843. The molecule has 1 fully saturated rings. The van der Waals surface area contributed by atoms with Gasteiger partial charge in [0.25, 0.3) is 0 Å². The molecular weight excluding hydrogens is 198 g/mol. The SMILES string of the molecule is Cc1cc(C)cc(CN2CCC[C@@H]2CO)c1. The highest BCUT2D eigenvalue weighted by Crippen LogP contribution is 2.20. The summed E-state index contributed by atoms with van der Waals surface area (Å²) < 4.78 is 0. The standard InChI is InChI=1S/C14H21NO/c1-11-6-12(2)8-13(7-11)9-15-5-3-4-14(15)10-16/h6-8,14,16H,3-5,9-10H2,1-2H3/t14-/m1/s1. The van der Waals surface area contributed by atoms with E-state index in [-0.39, 0.29) is 0 Å². The molecule has 0 bridgehead atoms. The molecule has 2 rings (SSSR count). The minimum atomic E-state index is 0.296. The van der Waals surface area contributed by atoms with Gasteiger partial charge in [-0.2, -0.15) is 0 Å². The van der Waals surface area contributed by atoms with Crippen molar-refractivity contribution in [2.24, 2.45) is 0 Å². The monoisotopic (exact) mass is 219 g/mol. The van der Waals surface area contributed by atoms with Crippen LogP contribution < -0.4 is 0 Å². The van der Waals surface area contributed by atoms with E-state index in [4.69, 9.17) is 0 Å². The first-order valence-corrected chi connectivity index (χ1v) is 6.11. The fourth-order valence-corrected chi connectivity index (χ4v) is 2.70. The Bertz CT molecular complexity index is 342. The van der Waals surface area contributed by atoms with Gasteiger partial charge in [-0.15, -0.1) is 0 Å². The number of aliphatic hydroxyl groups excluding tert-OH is 1. The molecule has 1 saturated heterocycles. The first-order chi connectivity index (χ1) is 7.69. The van der Waals surface area contributed by atoms with E-state index >= 15 is 0 Å². The molecule has 1 aromatic carbocycles. The molecule has 16 heavy (non-hydrogen) atoms. The van der Waals surface area contributed by atoms with E-state index in [1.165, 1.54) is 23.1 Å². The smallest absolute Gasteiger partial charge is 0.0587 e. The molecule has 0 unspecified atom stereocenters. The van der Waals surface area contributed by atoms with Gasteiger partial charge in [0.1, 0.15) is 0 Å². The van der Waals surface area contributed by atoms with Gasteiger partial charge in [-0.25, -0.2) is 0 Å². The van der Waals surface area contributed by atoms with Gasteiger partial charge in [0, 0.05) is 12.6 Å². The topological polar surface area (TPSA) is 23.5 Å². The van der Waals surface area contributed by atoms with Crippen LogP contribution in [0.3, 0.4) is 0 Å². The van der Waals surface area contributed by atoms with E-state index in [0.29, 0.717) is 12.6 Å². The maximum Gasteiger partial charge on any atom is 0.0587 e. The maximum atomic E-state index is 9.28. The molecule has 1 aliphatic heterocycles. The van der Waals surface area contributed by atoms with Crippen molar-refractivity contribution in [1.82, 2.24) is 4.90 Å². The number of aryl methyl sites for hydroxylation is 2. The molecule has 0 radical (unpaired) electrons. The summed E-state index contributed by atoms with van der Waals surface area (Å²) in [6.07, 6.45) is 2.36. The summed E-state index contributed by atoms with van der Waals surface area (Å²) in [6.45, 7) is 6.69. The largest absolute Gasteiger partial charge is 0.395 e. The summed E-state index contributed by atoms with van der Waals surface area (Å²) in [7, 11) is 0. The minimum Gasteiger partial charge on any atom is -0.395 e. The Kier molecular flexibility index (Phi) is 3.62. The van der Waals surface area contributed by atoms with Gasteiger partial charge < -0.3 is 5.11 Å². The van der Waals surface area contributed by atoms with E-state index in [1.807, 2.05) is 0 Å². The van der Waals surface area contributed by atoms with Gasteiger partial charge in [0.15, 0.2) is 0 Å². The van der Waals surface area contributed by atoms with Gasteiger partial charge in [-0.3, -0.25) is 4.90 Å². The zero-order valence-electron chi connectivity index (χ0n) is 10.2. The number of nitrogens with zero attached hydrogens (tertiary/aromatic N) is 1. The van der Waals surface area contributed by atoms with Crippen LogP contribution in [-0.4, -0.2) is 29.2 Å². The molecule has 1 aliphatic rings. The van der Waals surface area contributed by atoms with E-state index < -0.39 is 0 Å². The number of hydrogen-bond acceptors (Lipinski definition) is 2. The highest BCUT2D eigenvalue weighted by atomic mass is 16.3. The van der Waals surface area contributed by atoms with Crippen LogP contribution in [0.4, 0.5) is 0 Å². The Morgan fingerprint density at radius 1 is 1.25 bits per heavy atom. The Labute approximate surface area is 97.9 Å². The molecule has 0 amide bonds. The summed E-state index contributed by atoms with van der Waals surface area (Å²) >= 11 is 0. The summed E-state index contributed by atoms with van der Waals surface area (Å²) in [5, 5.41) is 9.28. The van der Waals surface area contributed by atoms with Crippen molar-refractivity contribution in [3.63, 3.8) is 0 Å². The molecule has 0 saturated carbocycles. The van der Waals surface area contributed by atoms with Crippen molar-refractivity contribution in [2.45, 2.75) is 39.3 Å². The van der Waals surface area contributed by atoms with Crippen LogP contribution in [0.25, 0.3) is 0 Å². The van der Waals surface area contributed by atoms with Crippen LogP contribution in [0.2, 0.25) is 0 Å². The van der Waals surface area contributed by atoms with Crippen molar-refractivity contribution < 1.29 is 5.11 Å². The minimum absolute atomic E-state index is 0.296. The lowest BCUT2D eigenvalue weighted by Crippen LogP contribution is -2.31. The van der Waals surface area contributed by atoms with E-state index in [1.54, 1.807) is 0 Å². The lowest BCUT2D eigenvalue weighted by atomic mass is 10.1. The van der Waals surface area contributed by atoms with Crippen LogP contribution in [0.1, 0.15) is 29.5 Å². The molecule has 88 valence electrons. The van der Waals surface area contributed by atoms with Crippen LogP contribution in [-0.2, 0) is 6.54 Å². The molecule has 0 spiro atoms. The number of rotatable bonds is 3. The van der Waals surface area contributed by atoms with Crippen LogP contribution in [0, 0.1) is 13.8 Å². The van der Waals surface area contributed by atoms with Crippen molar-refractivity contribution in [3.05, 3.63) is 34.9 Å². The molecule has 1 N–H and O–H groups in total. The summed E-state index contributed by atoms with van der Waals surface area (Å²) in [4.78, 5) is 2.40. The molecule has 0 aliphatic carbocycles. The van der Waals surface area contributed by atoms with Gasteiger partial charge in [-0.1, -0.05) is 29.3 Å². The molecule has 1 atom stereocenters. The zero-order chi connectivity index (χ0) is 11.5. The van der Waals surface area contributed by atoms with Crippen LogP contribution in [0.15, 0.2) is 18.2 Å². The molecular formula is C14H21NO. The maximum absolute atomic E-state index is 9.28. The fourth-order valence-electron chi connectivity index (χ4n) is 2.70. The van der Waals surface area contributed by atoms with Gasteiger partial charge in [-0.05, 0) is 38.8 Å². The predicted octanol–water partition coefficient (Wildman–Crippen LogP) is 2.26. The lowest BCUT2D eigenvalue weighted by molar-refractivity contribution is 0.153. The lowest BCUT2D eigenvalue weighted by Gasteiger charge is -2.23. The summed E-state index contributed by atoms with van der Waals surface area (Å²) in [5.41, 5.74) is 4.03. The van der Waals surface area contributed by atoms with E-state index in [9.17, 15) is 5.11 Å². The Hall–Kier alpha value is -0.860. The number of benzene rings is 1. The second kappa shape index (κ2) is 4.98. The first-order valence-electron chi connectivity index (χ1n) is 6.11. The third-order valence-electron chi connectivity index (χ3n) is 3.38. The number of likely N-dealkylation sites (tertiary alicyclic amines) is 1. The number of hydrogen-bond donors (Lipinski definition) is 1. The Morgan fingerprint density at radius 3 is 2.56 bits per heavy atom.